The van der Waals surface area contributed by atoms with Gasteiger partial charge in [0.25, 0.3) is 5.91 Å². The molecular formula is C35H46BrClN4O5. The number of benzene rings is 2. The first-order chi connectivity index (χ1) is 21.7. The van der Waals surface area contributed by atoms with Gasteiger partial charge in [0.05, 0.1) is 5.92 Å². The van der Waals surface area contributed by atoms with Gasteiger partial charge in [-0.1, -0.05) is 39.7 Å². The summed E-state index contributed by atoms with van der Waals surface area (Å²) in [6, 6.07) is 13.9. The van der Waals surface area contributed by atoms with E-state index in [2.05, 4.69) is 20.8 Å². The molecule has 3 amide bonds. The standard InChI is InChI=1S/C35H46BrClN4O5/c1-34(2,3)46-33(44)39-18-16-38(17-19-39)32(43)35(4,5)45-29-10-6-9-28(21-29)40-15-7-8-25(22-40)31(42)41(27-13-14-27)23-24-11-12-26(36)20-30(24)37/h6,9-12,20-21,25,27H,7-8,13-19,22-23H2,1-5H3/t25-/m1/s1. The molecule has 0 unspecified atom stereocenters. The summed E-state index contributed by atoms with van der Waals surface area (Å²) < 4.78 is 12.7. The lowest BCUT2D eigenvalue weighted by Crippen LogP contribution is -2.57. The van der Waals surface area contributed by atoms with Crippen molar-refractivity contribution in [2.24, 2.45) is 5.92 Å². The van der Waals surface area contributed by atoms with Gasteiger partial charge in [0.1, 0.15) is 11.4 Å². The first-order valence-corrected chi connectivity index (χ1v) is 17.4. The molecule has 2 heterocycles. The highest BCUT2D eigenvalue weighted by atomic mass is 79.9. The minimum absolute atomic E-state index is 0.106. The zero-order valence-electron chi connectivity index (χ0n) is 27.6. The monoisotopic (exact) mass is 716 g/mol. The highest BCUT2D eigenvalue weighted by Gasteiger charge is 2.39. The van der Waals surface area contributed by atoms with E-state index in [1.54, 1.807) is 23.6 Å². The molecule has 1 saturated carbocycles. The number of piperazine rings is 1. The van der Waals surface area contributed by atoms with Crippen LogP contribution in [0.3, 0.4) is 0 Å². The summed E-state index contributed by atoms with van der Waals surface area (Å²) in [4.78, 5) is 47.5. The fourth-order valence-corrected chi connectivity index (χ4v) is 6.87. The van der Waals surface area contributed by atoms with Gasteiger partial charge < -0.3 is 29.1 Å². The molecule has 1 atom stereocenters. The van der Waals surface area contributed by atoms with Crippen molar-refractivity contribution in [2.75, 3.05) is 44.2 Å². The first-order valence-electron chi connectivity index (χ1n) is 16.3. The molecule has 46 heavy (non-hydrogen) atoms. The van der Waals surface area contributed by atoms with E-state index in [0.717, 1.165) is 48.0 Å². The smallest absolute Gasteiger partial charge is 0.410 e. The highest BCUT2D eigenvalue weighted by molar-refractivity contribution is 9.10. The number of carbonyl (C=O) groups excluding carboxylic acids is 3. The average molecular weight is 718 g/mol. The number of hydrogen-bond acceptors (Lipinski definition) is 6. The van der Waals surface area contributed by atoms with Crippen LogP contribution in [0, 0.1) is 5.92 Å². The Balaban J connectivity index is 1.19. The maximum atomic E-state index is 13.9. The molecule has 9 nitrogen and oxygen atoms in total. The second-order valence-electron chi connectivity index (χ2n) is 14.1. The summed E-state index contributed by atoms with van der Waals surface area (Å²) in [5.74, 6) is 0.556. The van der Waals surface area contributed by atoms with E-state index in [1.165, 1.54) is 0 Å². The molecule has 3 fully saturated rings. The van der Waals surface area contributed by atoms with Crippen LogP contribution in [-0.4, -0.2) is 89.1 Å². The number of ether oxygens (including phenoxy) is 2. The number of piperidine rings is 1. The van der Waals surface area contributed by atoms with Crippen molar-refractivity contribution in [3.63, 3.8) is 0 Å². The van der Waals surface area contributed by atoms with E-state index >= 15 is 0 Å². The van der Waals surface area contributed by atoms with Crippen LogP contribution in [0.25, 0.3) is 0 Å². The Morgan fingerprint density at radius 3 is 2.28 bits per heavy atom. The molecule has 1 aliphatic carbocycles. The van der Waals surface area contributed by atoms with Gasteiger partial charge in [0.2, 0.25) is 5.91 Å². The second-order valence-corrected chi connectivity index (χ2v) is 15.4. The third-order valence-electron chi connectivity index (χ3n) is 8.69. The minimum Gasteiger partial charge on any atom is -0.478 e. The summed E-state index contributed by atoms with van der Waals surface area (Å²) in [6.07, 6.45) is 3.47. The molecule has 2 aromatic carbocycles. The van der Waals surface area contributed by atoms with E-state index in [9.17, 15) is 14.4 Å². The molecular weight excluding hydrogens is 672 g/mol. The molecule has 0 bridgehead atoms. The maximum Gasteiger partial charge on any atom is 0.410 e. The number of anilines is 1. The molecule has 0 aromatic heterocycles. The SMILES string of the molecule is CC(C)(C)OC(=O)N1CCN(C(=O)C(C)(C)Oc2cccc(N3CCC[C@@H](C(=O)N(Cc4ccc(Br)cc4Cl)C4CC4)C3)c2)CC1. The summed E-state index contributed by atoms with van der Waals surface area (Å²) in [7, 11) is 0. The van der Waals surface area contributed by atoms with Crippen molar-refractivity contribution in [1.82, 2.24) is 14.7 Å². The molecule has 2 saturated heterocycles. The predicted molar refractivity (Wildman–Crippen MR) is 183 cm³/mol. The Kier molecular flexibility index (Phi) is 10.5. The van der Waals surface area contributed by atoms with Crippen LogP contribution in [0.4, 0.5) is 10.5 Å². The van der Waals surface area contributed by atoms with Gasteiger partial charge in [0, 0.05) is 73.1 Å². The van der Waals surface area contributed by atoms with Crippen LogP contribution in [0.2, 0.25) is 5.02 Å². The van der Waals surface area contributed by atoms with Crippen molar-refractivity contribution < 1.29 is 23.9 Å². The van der Waals surface area contributed by atoms with Crippen LogP contribution in [-0.2, 0) is 20.9 Å². The van der Waals surface area contributed by atoms with Crippen molar-refractivity contribution >= 4 is 51.1 Å². The molecule has 250 valence electrons. The third-order valence-corrected chi connectivity index (χ3v) is 9.53. The molecule has 0 spiro atoms. The fraction of sp³-hybridized carbons (Fsp3) is 0.571. The van der Waals surface area contributed by atoms with E-state index in [0.29, 0.717) is 50.0 Å². The lowest BCUT2D eigenvalue weighted by Gasteiger charge is -2.39. The van der Waals surface area contributed by atoms with Crippen LogP contribution in [0.15, 0.2) is 46.9 Å². The van der Waals surface area contributed by atoms with Crippen molar-refractivity contribution in [2.45, 2.75) is 84.1 Å². The van der Waals surface area contributed by atoms with Crippen molar-refractivity contribution in [3.8, 4) is 5.75 Å². The summed E-state index contributed by atoms with van der Waals surface area (Å²) in [5.41, 5.74) is 0.264. The van der Waals surface area contributed by atoms with E-state index < -0.39 is 11.2 Å². The lowest BCUT2D eigenvalue weighted by atomic mass is 9.95. The molecule has 3 aliphatic rings. The zero-order valence-corrected chi connectivity index (χ0v) is 29.9. The Hall–Kier alpha value is -2.98. The quantitative estimate of drug-likeness (QED) is 0.301. The summed E-state index contributed by atoms with van der Waals surface area (Å²) in [5, 5.41) is 0.666. The highest BCUT2D eigenvalue weighted by Crippen LogP contribution is 2.35. The number of carbonyl (C=O) groups is 3. The Morgan fingerprint density at radius 1 is 0.935 bits per heavy atom. The molecule has 2 aromatic rings. The fourth-order valence-electron chi connectivity index (χ4n) is 6.14. The van der Waals surface area contributed by atoms with E-state index in [-0.39, 0.29) is 29.9 Å². The van der Waals surface area contributed by atoms with Crippen molar-refractivity contribution in [3.05, 3.63) is 57.5 Å². The van der Waals surface area contributed by atoms with Gasteiger partial charge in [-0.05, 0) is 90.1 Å². The summed E-state index contributed by atoms with van der Waals surface area (Å²) in [6.45, 7) is 12.7. The van der Waals surface area contributed by atoms with Gasteiger partial charge in [-0.15, -0.1) is 0 Å². The molecule has 2 aliphatic heterocycles. The third kappa shape index (κ3) is 8.68. The molecule has 0 N–H and O–H groups in total. The largest absolute Gasteiger partial charge is 0.478 e. The average Bonchev–Trinajstić information content (AvgIpc) is 3.85. The molecule has 5 rings (SSSR count). The van der Waals surface area contributed by atoms with Crippen molar-refractivity contribution in [1.29, 1.82) is 0 Å². The number of nitrogens with zero attached hydrogens (tertiary/aromatic N) is 4. The predicted octanol–water partition coefficient (Wildman–Crippen LogP) is 6.75. The van der Waals surface area contributed by atoms with E-state index in [4.69, 9.17) is 21.1 Å². The van der Waals surface area contributed by atoms with Crippen LogP contribution in [0.5, 0.6) is 5.75 Å². The minimum atomic E-state index is -1.10. The second kappa shape index (κ2) is 14.0. The van der Waals surface area contributed by atoms with Crippen LogP contribution in [0.1, 0.15) is 65.9 Å². The van der Waals surface area contributed by atoms with Gasteiger partial charge in [-0.3, -0.25) is 9.59 Å². The number of halogens is 2. The number of hydrogen-bond donors (Lipinski definition) is 0. The molecule has 0 radical (unpaired) electrons. The maximum absolute atomic E-state index is 13.9. The van der Waals surface area contributed by atoms with Gasteiger partial charge >= 0.3 is 6.09 Å². The van der Waals surface area contributed by atoms with Crippen LogP contribution < -0.4 is 9.64 Å². The topological polar surface area (TPSA) is 82.6 Å². The zero-order chi connectivity index (χ0) is 33.2. The van der Waals surface area contributed by atoms with Gasteiger partial charge in [0.15, 0.2) is 5.60 Å². The Morgan fingerprint density at radius 2 is 1.63 bits per heavy atom. The summed E-state index contributed by atoms with van der Waals surface area (Å²) >= 11 is 9.99. The van der Waals surface area contributed by atoms with E-state index in [1.807, 2.05) is 68.1 Å². The first kappa shape index (κ1) is 34.4. The lowest BCUT2D eigenvalue weighted by molar-refractivity contribution is -0.147. The van der Waals surface area contributed by atoms with Gasteiger partial charge in [-0.2, -0.15) is 0 Å². The molecule has 11 heteroatoms. The number of amides is 3. The normalized spacial score (nSPS) is 19.1. The number of rotatable bonds is 8. The Bertz CT molecular complexity index is 1430. The van der Waals surface area contributed by atoms with Gasteiger partial charge in [-0.25, -0.2) is 4.79 Å². The van der Waals surface area contributed by atoms with Crippen LogP contribution >= 0.6 is 27.5 Å². The Labute approximate surface area is 286 Å².